The molecule has 2 unspecified atom stereocenters. The van der Waals surface area contributed by atoms with Gasteiger partial charge in [0.05, 0.1) is 18.8 Å². The Hall–Kier alpha value is -0.120. The number of aliphatic hydroxyl groups excluding tert-OH is 1. The Morgan fingerprint density at radius 2 is 2.00 bits per heavy atom. The number of nitrogens with one attached hydrogen (secondary N) is 1. The molecule has 3 heteroatoms. The van der Waals surface area contributed by atoms with Crippen molar-refractivity contribution in [3.8, 4) is 0 Å². The summed E-state index contributed by atoms with van der Waals surface area (Å²) in [5.74, 6) is 1.66. The van der Waals surface area contributed by atoms with Crippen LogP contribution in [0.5, 0.6) is 0 Å². The number of ether oxygens (including phenoxy) is 1. The Labute approximate surface area is 112 Å². The molecule has 0 bridgehead atoms. The van der Waals surface area contributed by atoms with Crippen LogP contribution in [-0.2, 0) is 4.74 Å². The fraction of sp³-hybridized carbons (Fsp3) is 1.00. The summed E-state index contributed by atoms with van der Waals surface area (Å²) in [6.07, 6.45) is 6.39. The first-order valence-electron chi connectivity index (χ1n) is 7.58. The van der Waals surface area contributed by atoms with Crippen LogP contribution in [-0.4, -0.2) is 37.0 Å². The molecule has 0 aromatic carbocycles. The molecule has 1 rings (SSSR count). The molecule has 3 nitrogen and oxygen atoms in total. The Balaban J connectivity index is 1.87. The second-order valence-electron chi connectivity index (χ2n) is 6.22. The highest BCUT2D eigenvalue weighted by Crippen LogP contribution is 2.33. The molecular formula is C15H31NO2. The second kappa shape index (κ2) is 8.89. The van der Waals surface area contributed by atoms with Gasteiger partial charge in [0.1, 0.15) is 0 Å². The van der Waals surface area contributed by atoms with E-state index in [1.54, 1.807) is 0 Å². The van der Waals surface area contributed by atoms with Crippen LogP contribution in [0.4, 0.5) is 0 Å². The first kappa shape index (κ1) is 15.9. The van der Waals surface area contributed by atoms with Crippen LogP contribution in [0, 0.1) is 11.8 Å². The van der Waals surface area contributed by atoms with Crippen LogP contribution in [0.15, 0.2) is 0 Å². The Bertz CT molecular complexity index is 205. The molecule has 0 radical (unpaired) electrons. The SMILES string of the molecule is CC(C)CC(C)OCC(O)CNCCCC1CC1. The van der Waals surface area contributed by atoms with Crippen molar-refractivity contribution in [2.24, 2.45) is 11.8 Å². The zero-order valence-corrected chi connectivity index (χ0v) is 12.3. The molecule has 0 aliphatic heterocycles. The zero-order valence-electron chi connectivity index (χ0n) is 12.3. The largest absolute Gasteiger partial charge is 0.389 e. The van der Waals surface area contributed by atoms with Crippen molar-refractivity contribution in [3.63, 3.8) is 0 Å². The third-order valence-corrected chi connectivity index (χ3v) is 3.42. The van der Waals surface area contributed by atoms with Crippen LogP contribution >= 0.6 is 0 Å². The molecule has 2 N–H and O–H groups in total. The lowest BCUT2D eigenvalue weighted by molar-refractivity contribution is -0.00844. The summed E-state index contributed by atoms with van der Waals surface area (Å²) in [4.78, 5) is 0. The van der Waals surface area contributed by atoms with E-state index in [9.17, 15) is 5.11 Å². The molecule has 0 spiro atoms. The third kappa shape index (κ3) is 8.90. The van der Waals surface area contributed by atoms with Gasteiger partial charge in [-0.3, -0.25) is 0 Å². The van der Waals surface area contributed by atoms with Gasteiger partial charge in [-0.05, 0) is 44.6 Å². The predicted molar refractivity (Wildman–Crippen MR) is 75.7 cm³/mol. The standard InChI is InChI=1S/C15H31NO2/c1-12(2)9-13(3)18-11-15(17)10-16-8-4-5-14-6-7-14/h12-17H,4-11H2,1-3H3. The lowest BCUT2D eigenvalue weighted by Crippen LogP contribution is -2.32. The highest BCUT2D eigenvalue weighted by atomic mass is 16.5. The van der Waals surface area contributed by atoms with Gasteiger partial charge in [-0.1, -0.05) is 26.7 Å². The third-order valence-electron chi connectivity index (χ3n) is 3.42. The topological polar surface area (TPSA) is 41.5 Å². The molecule has 108 valence electrons. The van der Waals surface area contributed by atoms with E-state index in [2.05, 4.69) is 26.1 Å². The number of hydrogen-bond acceptors (Lipinski definition) is 3. The first-order valence-corrected chi connectivity index (χ1v) is 7.58. The van der Waals surface area contributed by atoms with Gasteiger partial charge in [-0.2, -0.15) is 0 Å². The summed E-state index contributed by atoms with van der Waals surface area (Å²) in [6, 6.07) is 0. The molecule has 0 saturated heterocycles. The summed E-state index contributed by atoms with van der Waals surface area (Å²) in [6.45, 7) is 8.59. The van der Waals surface area contributed by atoms with E-state index in [4.69, 9.17) is 4.74 Å². The predicted octanol–water partition coefficient (Wildman–Crippen LogP) is 2.58. The molecule has 18 heavy (non-hydrogen) atoms. The van der Waals surface area contributed by atoms with E-state index >= 15 is 0 Å². The van der Waals surface area contributed by atoms with Gasteiger partial charge >= 0.3 is 0 Å². The summed E-state index contributed by atoms with van der Waals surface area (Å²) in [7, 11) is 0. The molecule has 2 atom stereocenters. The molecule has 0 aromatic rings. The van der Waals surface area contributed by atoms with Crippen molar-refractivity contribution in [1.29, 1.82) is 0 Å². The van der Waals surface area contributed by atoms with Gasteiger partial charge in [0.2, 0.25) is 0 Å². The Kier molecular flexibility index (Phi) is 7.87. The van der Waals surface area contributed by atoms with Crippen LogP contribution in [0.3, 0.4) is 0 Å². The monoisotopic (exact) mass is 257 g/mol. The summed E-state index contributed by atoms with van der Waals surface area (Å²) in [5.41, 5.74) is 0. The maximum absolute atomic E-state index is 9.77. The van der Waals surface area contributed by atoms with Crippen molar-refractivity contribution >= 4 is 0 Å². The van der Waals surface area contributed by atoms with Gasteiger partial charge in [0.25, 0.3) is 0 Å². The molecular weight excluding hydrogens is 226 g/mol. The molecule has 1 saturated carbocycles. The fourth-order valence-electron chi connectivity index (χ4n) is 2.26. The van der Waals surface area contributed by atoms with E-state index in [-0.39, 0.29) is 12.2 Å². The van der Waals surface area contributed by atoms with Crippen molar-refractivity contribution in [3.05, 3.63) is 0 Å². The fourth-order valence-corrected chi connectivity index (χ4v) is 2.26. The lowest BCUT2D eigenvalue weighted by atomic mass is 10.1. The Morgan fingerprint density at radius 1 is 1.28 bits per heavy atom. The molecule has 0 amide bonds. The zero-order chi connectivity index (χ0) is 13.4. The number of hydrogen-bond donors (Lipinski definition) is 2. The molecule has 0 heterocycles. The minimum atomic E-state index is -0.375. The highest BCUT2D eigenvalue weighted by molar-refractivity contribution is 4.73. The average Bonchev–Trinajstić information content (AvgIpc) is 3.09. The average molecular weight is 257 g/mol. The maximum Gasteiger partial charge on any atom is 0.0897 e. The van der Waals surface area contributed by atoms with Gasteiger partial charge < -0.3 is 15.2 Å². The molecule has 0 aromatic heterocycles. The quantitative estimate of drug-likeness (QED) is 0.559. The summed E-state index contributed by atoms with van der Waals surface area (Å²) in [5, 5.41) is 13.1. The van der Waals surface area contributed by atoms with E-state index in [1.165, 1.54) is 25.7 Å². The summed E-state index contributed by atoms with van der Waals surface area (Å²) >= 11 is 0. The minimum absolute atomic E-state index is 0.245. The van der Waals surface area contributed by atoms with Gasteiger partial charge in [-0.15, -0.1) is 0 Å². The van der Waals surface area contributed by atoms with Crippen LogP contribution in [0.2, 0.25) is 0 Å². The van der Waals surface area contributed by atoms with E-state index in [0.29, 0.717) is 19.1 Å². The van der Waals surface area contributed by atoms with E-state index in [1.807, 2.05) is 0 Å². The molecule has 1 aliphatic rings. The van der Waals surface area contributed by atoms with Crippen molar-refractivity contribution in [2.45, 2.75) is 65.1 Å². The summed E-state index contributed by atoms with van der Waals surface area (Å²) < 4.78 is 5.63. The normalized spacial score (nSPS) is 19.2. The van der Waals surface area contributed by atoms with E-state index in [0.717, 1.165) is 18.9 Å². The maximum atomic E-state index is 9.77. The number of rotatable bonds is 11. The van der Waals surface area contributed by atoms with E-state index < -0.39 is 0 Å². The smallest absolute Gasteiger partial charge is 0.0897 e. The molecule has 1 aliphatic carbocycles. The number of aliphatic hydroxyl groups is 1. The Morgan fingerprint density at radius 3 is 2.61 bits per heavy atom. The second-order valence-corrected chi connectivity index (χ2v) is 6.22. The van der Waals surface area contributed by atoms with Gasteiger partial charge in [0, 0.05) is 6.54 Å². The van der Waals surface area contributed by atoms with Crippen LogP contribution in [0.25, 0.3) is 0 Å². The first-order chi connectivity index (χ1) is 8.58. The van der Waals surface area contributed by atoms with Gasteiger partial charge in [0.15, 0.2) is 0 Å². The highest BCUT2D eigenvalue weighted by Gasteiger charge is 2.19. The lowest BCUT2D eigenvalue weighted by Gasteiger charge is -2.18. The van der Waals surface area contributed by atoms with Crippen LogP contribution in [0.1, 0.15) is 52.9 Å². The van der Waals surface area contributed by atoms with Crippen molar-refractivity contribution in [1.82, 2.24) is 5.32 Å². The van der Waals surface area contributed by atoms with Crippen molar-refractivity contribution < 1.29 is 9.84 Å². The minimum Gasteiger partial charge on any atom is -0.389 e. The molecule has 1 fully saturated rings. The van der Waals surface area contributed by atoms with Crippen LogP contribution < -0.4 is 5.32 Å². The van der Waals surface area contributed by atoms with Crippen molar-refractivity contribution in [2.75, 3.05) is 19.7 Å². The van der Waals surface area contributed by atoms with Gasteiger partial charge in [-0.25, -0.2) is 0 Å².